The number of nitrogens with one attached hydrogen (secondary N) is 1. The highest BCUT2D eigenvalue weighted by atomic mass is 35.5. The second-order valence-corrected chi connectivity index (χ2v) is 8.14. The summed E-state index contributed by atoms with van der Waals surface area (Å²) in [6, 6.07) is 3.60. The highest BCUT2D eigenvalue weighted by Gasteiger charge is 2.44. The predicted octanol–water partition coefficient (Wildman–Crippen LogP) is 2.88. The summed E-state index contributed by atoms with van der Waals surface area (Å²) < 4.78 is 11.2. The third-order valence-electron chi connectivity index (χ3n) is 6.10. The summed E-state index contributed by atoms with van der Waals surface area (Å²) in [5, 5.41) is 7.95. The molecule has 3 heterocycles. The van der Waals surface area contributed by atoms with Gasteiger partial charge in [-0.3, -0.25) is 9.89 Å². The number of halogens is 1. The number of hydrogen-bond acceptors (Lipinski definition) is 4. The summed E-state index contributed by atoms with van der Waals surface area (Å²) in [5.41, 5.74) is 3.37. The molecule has 1 spiro atoms. The van der Waals surface area contributed by atoms with Crippen LogP contribution in [0.15, 0.2) is 18.3 Å². The van der Waals surface area contributed by atoms with Gasteiger partial charge in [0.05, 0.1) is 12.6 Å². The van der Waals surface area contributed by atoms with Gasteiger partial charge >= 0.3 is 0 Å². The molecule has 1 N–H and O–H groups in total. The number of fused-ring (bicyclic) bond motifs is 3. The summed E-state index contributed by atoms with van der Waals surface area (Å²) >= 11 is 6.40. The van der Waals surface area contributed by atoms with E-state index in [2.05, 4.69) is 10.2 Å². The third-order valence-corrected chi connectivity index (χ3v) is 6.46. The quantitative estimate of drug-likeness (QED) is 0.860. The van der Waals surface area contributed by atoms with E-state index in [9.17, 15) is 4.79 Å². The average Bonchev–Trinajstić information content (AvgIpc) is 3.27. The van der Waals surface area contributed by atoms with Crippen molar-refractivity contribution in [3.05, 3.63) is 40.2 Å². The van der Waals surface area contributed by atoms with Crippen molar-refractivity contribution in [1.82, 2.24) is 15.1 Å². The molecular formula is C20H22ClN3O3. The number of carbonyl (C=O) groups is 1. The normalized spacial score (nSPS) is 23.5. The summed E-state index contributed by atoms with van der Waals surface area (Å²) in [7, 11) is 0. The van der Waals surface area contributed by atoms with Gasteiger partial charge in [-0.1, -0.05) is 11.6 Å². The number of likely N-dealkylation sites (tertiary alicyclic amines) is 1. The maximum atomic E-state index is 13.0. The molecule has 0 saturated carbocycles. The molecule has 1 fully saturated rings. The summed E-state index contributed by atoms with van der Waals surface area (Å²) in [6.07, 6.45) is 6.46. The zero-order valence-electron chi connectivity index (χ0n) is 15.1. The highest BCUT2D eigenvalue weighted by molar-refractivity contribution is 6.31. The second-order valence-electron chi connectivity index (χ2n) is 7.73. The minimum Gasteiger partial charge on any atom is -0.486 e. The zero-order valence-corrected chi connectivity index (χ0v) is 15.8. The van der Waals surface area contributed by atoms with Gasteiger partial charge in [-0.05, 0) is 42.9 Å². The van der Waals surface area contributed by atoms with E-state index in [1.807, 2.05) is 17.2 Å². The van der Waals surface area contributed by atoms with E-state index in [4.69, 9.17) is 21.1 Å². The van der Waals surface area contributed by atoms with E-state index < -0.39 is 0 Å². The molecule has 1 unspecified atom stereocenters. The van der Waals surface area contributed by atoms with Crippen molar-refractivity contribution in [1.29, 1.82) is 0 Å². The molecule has 1 atom stereocenters. The van der Waals surface area contributed by atoms with Crippen LogP contribution in [0, 0.1) is 0 Å². The molecule has 142 valence electrons. The number of benzene rings is 1. The van der Waals surface area contributed by atoms with E-state index in [-0.39, 0.29) is 17.7 Å². The van der Waals surface area contributed by atoms with Crippen molar-refractivity contribution in [2.24, 2.45) is 0 Å². The Balaban J connectivity index is 1.35. The molecule has 5 rings (SSSR count). The molecule has 1 aliphatic carbocycles. The van der Waals surface area contributed by atoms with Crippen molar-refractivity contribution in [2.45, 2.75) is 37.5 Å². The molecule has 3 aliphatic rings. The maximum absolute atomic E-state index is 13.0. The zero-order chi connectivity index (χ0) is 18.4. The molecule has 27 heavy (non-hydrogen) atoms. The lowest BCUT2D eigenvalue weighted by molar-refractivity contribution is -0.132. The van der Waals surface area contributed by atoms with Crippen LogP contribution in [-0.4, -0.2) is 47.3 Å². The number of carbonyl (C=O) groups excluding carboxylic acids is 1. The number of aromatic nitrogens is 2. The van der Waals surface area contributed by atoms with Crippen LogP contribution in [0.5, 0.6) is 11.5 Å². The molecule has 0 bridgehead atoms. The van der Waals surface area contributed by atoms with Crippen molar-refractivity contribution >= 4 is 17.5 Å². The van der Waals surface area contributed by atoms with Crippen LogP contribution in [0.2, 0.25) is 5.02 Å². The smallest absolute Gasteiger partial charge is 0.227 e. The summed E-state index contributed by atoms with van der Waals surface area (Å²) in [5.74, 6) is 1.43. The molecule has 7 heteroatoms. The van der Waals surface area contributed by atoms with Gasteiger partial charge in [0, 0.05) is 35.3 Å². The largest absolute Gasteiger partial charge is 0.486 e. The fraction of sp³-hybridized carbons (Fsp3) is 0.500. The molecule has 0 radical (unpaired) electrons. The Bertz CT molecular complexity index is 897. The van der Waals surface area contributed by atoms with Crippen molar-refractivity contribution in [3.8, 4) is 11.5 Å². The molecule has 2 aromatic rings. The molecular weight excluding hydrogens is 366 g/mol. The molecule has 1 aromatic heterocycles. The van der Waals surface area contributed by atoms with Crippen molar-refractivity contribution in [2.75, 3.05) is 26.3 Å². The maximum Gasteiger partial charge on any atom is 0.227 e. The van der Waals surface area contributed by atoms with E-state index >= 15 is 0 Å². The van der Waals surface area contributed by atoms with Crippen molar-refractivity contribution < 1.29 is 14.3 Å². The number of ether oxygens (including phenoxy) is 2. The molecule has 6 nitrogen and oxygen atoms in total. The number of H-pyrrole nitrogens is 1. The van der Waals surface area contributed by atoms with Gasteiger partial charge in [0.25, 0.3) is 0 Å². The fourth-order valence-electron chi connectivity index (χ4n) is 4.73. The van der Waals surface area contributed by atoms with Crippen LogP contribution >= 0.6 is 11.6 Å². The molecule has 2 aliphatic heterocycles. The van der Waals surface area contributed by atoms with Crippen LogP contribution in [-0.2, 0) is 23.1 Å². The van der Waals surface area contributed by atoms with Crippen molar-refractivity contribution in [3.63, 3.8) is 0 Å². The van der Waals surface area contributed by atoms with E-state index in [1.54, 1.807) is 6.07 Å². The highest BCUT2D eigenvalue weighted by Crippen LogP contribution is 2.44. The Kier molecular flexibility index (Phi) is 4.04. The minimum atomic E-state index is 0.0380. The van der Waals surface area contributed by atoms with Gasteiger partial charge in [-0.2, -0.15) is 5.10 Å². The first kappa shape index (κ1) is 16.9. The Hall–Kier alpha value is -2.21. The van der Waals surface area contributed by atoms with E-state index in [0.29, 0.717) is 29.7 Å². The molecule has 1 aromatic carbocycles. The Morgan fingerprint density at radius 1 is 1.26 bits per heavy atom. The van der Waals surface area contributed by atoms with Gasteiger partial charge < -0.3 is 14.4 Å². The Labute approximate surface area is 162 Å². The predicted molar refractivity (Wildman–Crippen MR) is 101 cm³/mol. The van der Waals surface area contributed by atoms with E-state index in [0.717, 1.165) is 44.3 Å². The number of aryl methyl sites for hydroxylation is 1. The Morgan fingerprint density at radius 3 is 2.93 bits per heavy atom. The summed E-state index contributed by atoms with van der Waals surface area (Å²) in [6.45, 7) is 2.59. The topological polar surface area (TPSA) is 67.5 Å². The first-order chi connectivity index (χ1) is 13.1. The lowest BCUT2D eigenvalue weighted by Crippen LogP contribution is -2.48. The number of rotatable bonds is 2. The van der Waals surface area contributed by atoms with Gasteiger partial charge in [-0.25, -0.2) is 0 Å². The molecule has 1 amide bonds. The SMILES string of the molecule is O=C(Cc1cc2c(cc1Cl)OCCO2)N1CCCC2(CCc3cn[nH]c32)C1. The number of hydrogen-bond donors (Lipinski definition) is 1. The van der Waals surface area contributed by atoms with Crippen LogP contribution in [0.25, 0.3) is 0 Å². The Morgan fingerprint density at radius 2 is 2.07 bits per heavy atom. The molecule has 1 saturated heterocycles. The van der Waals surface area contributed by atoms with Gasteiger partial charge in [0.15, 0.2) is 11.5 Å². The third kappa shape index (κ3) is 2.87. The lowest BCUT2D eigenvalue weighted by Gasteiger charge is -2.40. The van der Waals surface area contributed by atoms with Gasteiger partial charge in [0.2, 0.25) is 5.91 Å². The first-order valence-corrected chi connectivity index (χ1v) is 9.91. The van der Waals surface area contributed by atoms with Gasteiger partial charge in [-0.15, -0.1) is 0 Å². The van der Waals surface area contributed by atoms with Crippen LogP contribution < -0.4 is 9.47 Å². The number of piperidine rings is 1. The average molecular weight is 388 g/mol. The standard InChI is InChI=1S/C20H22ClN3O3/c21-15-10-17-16(26-6-7-27-17)8-14(15)9-18(25)24-5-1-3-20(12-24)4-2-13-11-22-23-19(13)20/h8,10-11H,1-7,9,12H2,(H,22,23). The van der Waals surface area contributed by atoms with Crippen LogP contribution in [0.4, 0.5) is 0 Å². The van der Waals surface area contributed by atoms with Crippen LogP contribution in [0.3, 0.4) is 0 Å². The number of aromatic amines is 1. The lowest BCUT2D eigenvalue weighted by atomic mass is 9.77. The minimum absolute atomic E-state index is 0.0380. The number of nitrogens with zero attached hydrogens (tertiary/aromatic N) is 2. The van der Waals surface area contributed by atoms with Gasteiger partial charge in [0.1, 0.15) is 13.2 Å². The second kappa shape index (κ2) is 6.44. The first-order valence-electron chi connectivity index (χ1n) is 9.53. The van der Waals surface area contributed by atoms with Crippen LogP contribution in [0.1, 0.15) is 36.1 Å². The van der Waals surface area contributed by atoms with E-state index in [1.165, 1.54) is 11.3 Å². The fourth-order valence-corrected chi connectivity index (χ4v) is 4.95. The monoisotopic (exact) mass is 387 g/mol. The number of amides is 1. The summed E-state index contributed by atoms with van der Waals surface area (Å²) in [4.78, 5) is 15.0.